The molecule has 0 aromatic carbocycles. The third kappa shape index (κ3) is 2.96. The summed E-state index contributed by atoms with van der Waals surface area (Å²) in [5, 5.41) is 7.41. The second-order valence-electron chi connectivity index (χ2n) is 2.07. The number of hydrogen-bond donors (Lipinski definition) is 1. The van der Waals surface area contributed by atoms with E-state index >= 15 is 0 Å². The molecule has 0 fully saturated rings. The highest BCUT2D eigenvalue weighted by atomic mass is 32.1. The van der Waals surface area contributed by atoms with E-state index in [1.54, 1.807) is 0 Å². The Bertz CT molecular complexity index is 288. The number of carbonyl (C=O) groups is 1. The lowest BCUT2D eigenvalue weighted by Gasteiger charge is -1.99. The van der Waals surface area contributed by atoms with Gasteiger partial charge in [-0.15, -0.1) is 10.2 Å². The molecular formula is C6H9N3O3S. The molecule has 0 spiro atoms. The number of ether oxygens (including phenoxy) is 2. The van der Waals surface area contributed by atoms with Crippen LogP contribution in [0.4, 0.5) is 5.13 Å². The van der Waals surface area contributed by atoms with Gasteiger partial charge in [0, 0.05) is 7.11 Å². The molecule has 0 aliphatic carbocycles. The molecule has 1 rings (SSSR count). The minimum atomic E-state index is -0.522. The molecule has 0 saturated heterocycles. The molecule has 0 amide bonds. The van der Waals surface area contributed by atoms with E-state index in [1.807, 2.05) is 0 Å². The number of rotatable bonds is 4. The summed E-state index contributed by atoms with van der Waals surface area (Å²) in [4.78, 5) is 11.1. The average Bonchev–Trinajstić information content (AvgIpc) is 2.52. The highest BCUT2D eigenvalue weighted by Crippen LogP contribution is 2.11. The number of nitrogens with zero attached hydrogens (tertiary/aromatic N) is 2. The predicted octanol–water partition coefficient (Wildman–Crippen LogP) is -0.0765. The number of aromatic nitrogens is 2. The topological polar surface area (TPSA) is 87.3 Å². The maximum Gasteiger partial charge on any atom is 0.369 e. The molecule has 0 saturated carbocycles. The summed E-state index contributed by atoms with van der Waals surface area (Å²) in [6, 6.07) is 0. The molecule has 0 unspecified atom stereocenters. The van der Waals surface area contributed by atoms with E-state index in [2.05, 4.69) is 10.2 Å². The smallest absolute Gasteiger partial charge is 0.369 e. The van der Waals surface area contributed by atoms with Crippen molar-refractivity contribution in [3.05, 3.63) is 5.01 Å². The van der Waals surface area contributed by atoms with Crippen molar-refractivity contribution < 1.29 is 14.3 Å². The molecule has 13 heavy (non-hydrogen) atoms. The standard InChI is InChI=1S/C6H9N3O3S/c1-11-2-3-12-5(10)4-8-9-6(7)13-4/h2-3H2,1H3,(H2,7,9). The van der Waals surface area contributed by atoms with E-state index in [0.717, 1.165) is 11.3 Å². The van der Waals surface area contributed by atoms with E-state index in [0.29, 0.717) is 6.61 Å². The Morgan fingerprint density at radius 1 is 1.54 bits per heavy atom. The van der Waals surface area contributed by atoms with Gasteiger partial charge in [-0.3, -0.25) is 0 Å². The Morgan fingerprint density at radius 2 is 2.31 bits per heavy atom. The summed E-state index contributed by atoms with van der Waals surface area (Å²) in [6.07, 6.45) is 0. The fourth-order valence-electron chi connectivity index (χ4n) is 0.596. The van der Waals surface area contributed by atoms with Crippen LogP contribution in [0.15, 0.2) is 0 Å². The van der Waals surface area contributed by atoms with Crippen molar-refractivity contribution >= 4 is 22.4 Å². The first-order chi connectivity index (χ1) is 6.24. The normalized spacial score (nSPS) is 9.92. The molecule has 1 aromatic rings. The fraction of sp³-hybridized carbons (Fsp3) is 0.500. The quantitative estimate of drug-likeness (QED) is 0.544. The number of carbonyl (C=O) groups excluding carboxylic acids is 1. The molecule has 1 aromatic heterocycles. The van der Waals surface area contributed by atoms with Gasteiger partial charge in [0.2, 0.25) is 10.1 Å². The van der Waals surface area contributed by atoms with Crippen LogP contribution in [0.2, 0.25) is 0 Å². The van der Waals surface area contributed by atoms with Crippen molar-refractivity contribution in [3.8, 4) is 0 Å². The summed E-state index contributed by atoms with van der Waals surface area (Å²) >= 11 is 0.994. The van der Waals surface area contributed by atoms with Crippen molar-refractivity contribution in [1.82, 2.24) is 10.2 Å². The predicted molar refractivity (Wildman–Crippen MR) is 46.5 cm³/mol. The SMILES string of the molecule is COCCOC(=O)c1nnc(N)s1. The number of methoxy groups -OCH3 is 1. The van der Waals surface area contributed by atoms with Crippen molar-refractivity contribution in [1.29, 1.82) is 0 Å². The van der Waals surface area contributed by atoms with Gasteiger partial charge in [-0.05, 0) is 0 Å². The van der Waals surface area contributed by atoms with Crippen LogP contribution in [0.25, 0.3) is 0 Å². The summed E-state index contributed by atoms with van der Waals surface area (Å²) in [5.41, 5.74) is 5.28. The first-order valence-electron chi connectivity index (χ1n) is 3.49. The highest BCUT2D eigenvalue weighted by Gasteiger charge is 2.12. The van der Waals surface area contributed by atoms with Gasteiger partial charge in [0.15, 0.2) is 0 Å². The number of hydrogen-bond acceptors (Lipinski definition) is 7. The molecule has 6 nitrogen and oxygen atoms in total. The van der Waals surface area contributed by atoms with Crippen LogP contribution >= 0.6 is 11.3 Å². The summed E-state index contributed by atoms with van der Waals surface area (Å²) in [5.74, 6) is -0.522. The van der Waals surface area contributed by atoms with E-state index in [4.69, 9.17) is 15.2 Å². The van der Waals surface area contributed by atoms with E-state index in [-0.39, 0.29) is 16.7 Å². The van der Waals surface area contributed by atoms with Crippen LogP contribution in [0.1, 0.15) is 9.80 Å². The fourth-order valence-corrected chi connectivity index (χ4v) is 1.10. The minimum absolute atomic E-state index is 0.161. The Hall–Kier alpha value is -1.21. The average molecular weight is 203 g/mol. The van der Waals surface area contributed by atoms with Gasteiger partial charge in [0.25, 0.3) is 0 Å². The Balaban J connectivity index is 2.40. The number of nitrogens with two attached hydrogens (primary N) is 1. The molecule has 7 heteroatoms. The van der Waals surface area contributed by atoms with Crippen molar-refractivity contribution in [2.24, 2.45) is 0 Å². The maximum absolute atomic E-state index is 11.1. The third-order valence-electron chi connectivity index (χ3n) is 1.14. The summed E-state index contributed by atoms with van der Waals surface area (Å²) < 4.78 is 9.47. The monoisotopic (exact) mass is 203 g/mol. The highest BCUT2D eigenvalue weighted by molar-refractivity contribution is 7.16. The molecular weight excluding hydrogens is 194 g/mol. The van der Waals surface area contributed by atoms with Crippen LogP contribution in [0.3, 0.4) is 0 Å². The van der Waals surface area contributed by atoms with Gasteiger partial charge in [0.1, 0.15) is 6.61 Å². The number of esters is 1. The first-order valence-corrected chi connectivity index (χ1v) is 4.30. The molecule has 0 radical (unpaired) electrons. The van der Waals surface area contributed by atoms with Gasteiger partial charge >= 0.3 is 5.97 Å². The number of nitrogen functional groups attached to an aromatic ring is 1. The number of anilines is 1. The lowest BCUT2D eigenvalue weighted by molar-refractivity contribution is 0.0387. The summed E-state index contributed by atoms with van der Waals surface area (Å²) in [6.45, 7) is 0.564. The van der Waals surface area contributed by atoms with Gasteiger partial charge in [0.05, 0.1) is 6.61 Å². The van der Waals surface area contributed by atoms with Crippen LogP contribution < -0.4 is 5.73 Å². The molecule has 1 heterocycles. The third-order valence-corrected chi connectivity index (χ3v) is 1.87. The Kier molecular flexibility index (Phi) is 3.59. The lowest BCUT2D eigenvalue weighted by Crippen LogP contribution is -2.09. The van der Waals surface area contributed by atoms with Crippen LogP contribution in [-0.2, 0) is 9.47 Å². The molecule has 72 valence electrons. The second kappa shape index (κ2) is 4.73. The molecule has 0 aliphatic heterocycles. The van der Waals surface area contributed by atoms with Gasteiger partial charge < -0.3 is 15.2 Å². The molecule has 0 aliphatic rings. The van der Waals surface area contributed by atoms with Crippen LogP contribution in [0.5, 0.6) is 0 Å². The zero-order chi connectivity index (χ0) is 9.68. The van der Waals surface area contributed by atoms with Crippen molar-refractivity contribution in [3.63, 3.8) is 0 Å². The van der Waals surface area contributed by atoms with Gasteiger partial charge in [-0.1, -0.05) is 11.3 Å². The Labute approximate surface area is 78.7 Å². The molecule has 0 atom stereocenters. The largest absolute Gasteiger partial charge is 0.458 e. The van der Waals surface area contributed by atoms with Crippen molar-refractivity contribution in [2.75, 3.05) is 26.1 Å². The maximum atomic E-state index is 11.1. The zero-order valence-corrected chi connectivity index (χ0v) is 7.84. The van der Waals surface area contributed by atoms with E-state index in [1.165, 1.54) is 7.11 Å². The second-order valence-corrected chi connectivity index (χ2v) is 3.08. The van der Waals surface area contributed by atoms with Gasteiger partial charge in [-0.25, -0.2) is 4.79 Å². The van der Waals surface area contributed by atoms with Crippen LogP contribution in [0, 0.1) is 0 Å². The first kappa shape index (κ1) is 9.87. The van der Waals surface area contributed by atoms with Gasteiger partial charge in [-0.2, -0.15) is 0 Å². The van der Waals surface area contributed by atoms with E-state index < -0.39 is 5.97 Å². The lowest BCUT2D eigenvalue weighted by atomic mass is 10.7. The molecule has 2 N–H and O–H groups in total. The zero-order valence-electron chi connectivity index (χ0n) is 7.02. The van der Waals surface area contributed by atoms with E-state index in [9.17, 15) is 4.79 Å². The molecule has 0 bridgehead atoms. The minimum Gasteiger partial charge on any atom is -0.458 e. The van der Waals surface area contributed by atoms with Crippen molar-refractivity contribution in [2.45, 2.75) is 0 Å². The Morgan fingerprint density at radius 3 is 2.85 bits per heavy atom. The van der Waals surface area contributed by atoms with Crippen LogP contribution in [-0.4, -0.2) is 36.5 Å². The summed E-state index contributed by atoms with van der Waals surface area (Å²) in [7, 11) is 1.52.